The van der Waals surface area contributed by atoms with Gasteiger partial charge in [0, 0.05) is 55.3 Å². The Morgan fingerprint density at radius 2 is 1.82 bits per heavy atom. The van der Waals surface area contributed by atoms with Gasteiger partial charge in [-0.1, -0.05) is 18.7 Å². The summed E-state index contributed by atoms with van der Waals surface area (Å²) in [6, 6.07) is 19.8. The van der Waals surface area contributed by atoms with Crippen LogP contribution >= 0.6 is 0 Å². The number of hydrogen-bond donors (Lipinski definition) is 3. The van der Waals surface area contributed by atoms with Crippen molar-refractivity contribution in [2.75, 3.05) is 48.3 Å². The molecule has 0 bridgehead atoms. The van der Waals surface area contributed by atoms with Crippen molar-refractivity contribution in [3.8, 4) is 11.3 Å². The lowest BCUT2D eigenvalue weighted by atomic mass is 10.1. The van der Waals surface area contributed by atoms with E-state index >= 15 is 0 Å². The molecule has 9 heteroatoms. The van der Waals surface area contributed by atoms with Gasteiger partial charge in [-0.3, -0.25) is 9.69 Å². The Balaban J connectivity index is 1.28. The van der Waals surface area contributed by atoms with Crippen LogP contribution in [0.3, 0.4) is 0 Å². The van der Waals surface area contributed by atoms with Gasteiger partial charge in [-0.05, 0) is 68.5 Å². The number of β-amino-alcohol motifs (C(OH)–C–C–N with tert-alkyl or cyclic N) is 1. The number of benzene rings is 2. The topological polar surface area (TPSA) is 98.0 Å². The molecule has 0 aliphatic carbocycles. The lowest BCUT2D eigenvalue weighted by Crippen LogP contribution is -2.50. The molecule has 196 valence electrons. The Labute approximate surface area is 222 Å². The molecule has 2 aromatic heterocycles. The van der Waals surface area contributed by atoms with E-state index in [1.165, 1.54) is 11.8 Å². The first-order valence-electron chi connectivity index (χ1n) is 12.7. The first-order chi connectivity index (χ1) is 18.3. The minimum atomic E-state index is -0.672. The van der Waals surface area contributed by atoms with Crippen LogP contribution < -0.4 is 15.5 Å². The molecule has 1 aliphatic heterocycles. The minimum Gasteiger partial charge on any atom is -0.389 e. The summed E-state index contributed by atoms with van der Waals surface area (Å²) in [6.07, 6.45) is 3.03. The zero-order valence-electron chi connectivity index (χ0n) is 21.8. The molecule has 0 radical (unpaired) electrons. The Kier molecular flexibility index (Phi) is 7.13. The summed E-state index contributed by atoms with van der Waals surface area (Å²) in [7, 11) is 0. The van der Waals surface area contributed by atoms with Gasteiger partial charge in [0.1, 0.15) is 0 Å². The fraction of sp³-hybridized carbons (Fsp3) is 0.276. The number of anilines is 4. The molecule has 3 heterocycles. The zero-order chi connectivity index (χ0) is 26.7. The molecule has 0 atom stereocenters. The lowest BCUT2D eigenvalue weighted by molar-refractivity contribution is -0.111. The highest BCUT2D eigenvalue weighted by atomic mass is 16.3. The standard InChI is InChI=1S/C29H33N7O2/c1-4-27(37)31-23-7-5-6-21(18-23)26-13-12-25-19-30-28(33-36(25)26)32-22-8-10-24(11-9-22)35-16-14-34(15-17-35)20-29(2,3)38/h4-13,18-19,38H,1,14-17,20H2,2-3H3,(H,31,37)(H,32,33). The monoisotopic (exact) mass is 511 g/mol. The number of hydrogen-bond acceptors (Lipinski definition) is 7. The molecule has 1 amide bonds. The van der Waals surface area contributed by atoms with Gasteiger partial charge < -0.3 is 20.6 Å². The Bertz CT molecular complexity index is 1430. The van der Waals surface area contributed by atoms with Crippen LogP contribution in [0, 0.1) is 0 Å². The highest BCUT2D eigenvalue weighted by Crippen LogP contribution is 2.26. The Morgan fingerprint density at radius 3 is 2.53 bits per heavy atom. The summed E-state index contributed by atoms with van der Waals surface area (Å²) in [5.41, 5.74) is 4.76. The molecule has 1 saturated heterocycles. The maximum absolute atomic E-state index is 11.7. The molecular weight excluding hydrogens is 478 g/mol. The smallest absolute Gasteiger partial charge is 0.247 e. The summed E-state index contributed by atoms with van der Waals surface area (Å²) >= 11 is 0. The van der Waals surface area contributed by atoms with Gasteiger partial charge in [0.15, 0.2) is 0 Å². The van der Waals surface area contributed by atoms with Crippen molar-refractivity contribution in [2.45, 2.75) is 19.4 Å². The molecule has 1 aliphatic rings. The molecule has 9 nitrogen and oxygen atoms in total. The van der Waals surface area contributed by atoms with Crippen LogP contribution in [0.15, 0.2) is 79.5 Å². The van der Waals surface area contributed by atoms with Crippen LogP contribution in [0.25, 0.3) is 16.8 Å². The van der Waals surface area contributed by atoms with Crippen molar-refractivity contribution in [1.29, 1.82) is 0 Å². The predicted molar refractivity (Wildman–Crippen MR) is 152 cm³/mol. The number of aromatic nitrogens is 3. The van der Waals surface area contributed by atoms with Crippen molar-refractivity contribution < 1.29 is 9.90 Å². The quantitative estimate of drug-likeness (QED) is 0.306. The number of rotatable bonds is 8. The van der Waals surface area contributed by atoms with E-state index in [-0.39, 0.29) is 5.91 Å². The first kappa shape index (κ1) is 25.4. The lowest BCUT2D eigenvalue weighted by Gasteiger charge is -2.38. The van der Waals surface area contributed by atoms with Crippen LogP contribution in [0.4, 0.5) is 23.0 Å². The fourth-order valence-corrected chi connectivity index (χ4v) is 4.72. The van der Waals surface area contributed by atoms with E-state index in [9.17, 15) is 9.90 Å². The molecule has 1 fully saturated rings. The van der Waals surface area contributed by atoms with Crippen molar-refractivity contribution in [1.82, 2.24) is 19.5 Å². The number of carbonyl (C=O) groups excluding carboxylic acids is 1. The van der Waals surface area contributed by atoms with Crippen LogP contribution in [0.2, 0.25) is 0 Å². The van der Waals surface area contributed by atoms with Gasteiger partial charge in [0.25, 0.3) is 0 Å². The third kappa shape index (κ3) is 6.01. The second kappa shape index (κ2) is 10.6. The van der Waals surface area contributed by atoms with Crippen molar-refractivity contribution in [3.63, 3.8) is 0 Å². The SMILES string of the molecule is C=CC(=O)Nc1cccc(-c2ccc3cnc(Nc4ccc(N5CCN(CC(C)(C)O)CC5)cc4)nn23)c1. The highest BCUT2D eigenvalue weighted by Gasteiger charge is 2.22. The van der Waals surface area contributed by atoms with Crippen LogP contribution in [0.5, 0.6) is 0 Å². The Hall–Kier alpha value is -4.21. The van der Waals surface area contributed by atoms with Crippen molar-refractivity contribution in [3.05, 3.63) is 79.5 Å². The molecule has 5 rings (SSSR count). The molecule has 2 aromatic carbocycles. The van der Waals surface area contributed by atoms with Crippen LogP contribution in [-0.2, 0) is 4.79 Å². The Morgan fingerprint density at radius 1 is 1.05 bits per heavy atom. The summed E-state index contributed by atoms with van der Waals surface area (Å²) in [5.74, 6) is 0.231. The maximum atomic E-state index is 11.7. The normalized spacial score (nSPS) is 14.4. The van der Waals surface area contributed by atoms with Crippen LogP contribution in [-0.4, -0.2) is 68.8 Å². The summed E-state index contributed by atoms with van der Waals surface area (Å²) in [6.45, 7) is 11.6. The molecule has 4 aromatic rings. The summed E-state index contributed by atoms with van der Waals surface area (Å²) < 4.78 is 1.84. The first-order valence-corrected chi connectivity index (χ1v) is 12.7. The number of nitrogens with zero attached hydrogens (tertiary/aromatic N) is 5. The van der Waals surface area contributed by atoms with Gasteiger partial charge in [-0.25, -0.2) is 9.50 Å². The molecule has 38 heavy (non-hydrogen) atoms. The highest BCUT2D eigenvalue weighted by molar-refractivity contribution is 5.99. The second-order valence-electron chi connectivity index (χ2n) is 10.2. The molecular formula is C29H33N7O2. The van der Waals surface area contributed by atoms with E-state index in [1.54, 1.807) is 6.20 Å². The van der Waals surface area contributed by atoms with E-state index in [2.05, 4.69) is 44.1 Å². The van der Waals surface area contributed by atoms with E-state index in [1.807, 2.05) is 66.9 Å². The van der Waals surface area contributed by atoms with Crippen LogP contribution in [0.1, 0.15) is 13.8 Å². The third-order valence-electron chi connectivity index (χ3n) is 6.48. The maximum Gasteiger partial charge on any atom is 0.247 e. The van der Waals surface area contributed by atoms with Gasteiger partial charge in [-0.15, -0.1) is 5.10 Å². The molecule has 0 spiro atoms. The van der Waals surface area contributed by atoms with E-state index in [4.69, 9.17) is 5.10 Å². The van der Waals surface area contributed by atoms with E-state index in [0.717, 1.165) is 48.6 Å². The van der Waals surface area contributed by atoms with Gasteiger partial charge >= 0.3 is 0 Å². The number of amides is 1. The average Bonchev–Trinajstić information content (AvgIpc) is 3.32. The average molecular weight is 512 g/mol. The number of aliphatic hydroxyl groups is 1. The van der Waals surface area contributed by atoms with Gasteiger partial charge in [0.2, 0.25) is 11.9 Å². The van der Waals surface area contributed by atoms with E-state index in [0.29, 0.717) is 18.2 Å². The van der Waals surface area contributed by atoms with Gasteiger partial charge in [0.05, 0.1) is 23.0 Å². The summed E-state index contributed by atoms with van der Waals surface area (Å²) in [5, 5.41) is 20.9. The number of piperazine rings is 1. The number of fused-ring (bicyclic) bond motifs is 1. The minimum absolute atomic E-state index is 0.255. The van der Waals surface area contributed by atoms with Gasteiger partial charge in [-0.2, -0.15) is 0 Å². The van der Waals surface area contributed by atoms with Crippen molar-refractivity contribution >= 4 is 34.4 Å². The molecule has 0 saturated carbocycles. The second-order valence-corrected chi connectivity index (χ2v) is 10.2. The number of carbonyl (C=O) groups is 1. The number of nitrogens with one attached hydrogen (secondary N) is 2. The third-order valence-corrected chi connectivity index (χ3v) is 6.48. The predicted octanol–water partition coefficient (Wildman–Crippen LogP) is 4.16. The van der Waals surface area contributed by atoms with E-state index < -0.39 is 5.60 Å². The van der Waals surface area contributed by atoms with Crippen molar-refractivity contribution in [2.24, 2.45) is 0 Å². The molecule has 3 N–H and O–H groups in total. The molecule has 0 unspecified atom stereocenters. The largest absolute Gasteiger partial charge is 0.389 e. The summed E-state index contributed by atoms with van der Waals surface area (Å²) in [4.78, 5) is 20.9. The fourth-order valence-electron chi connectivity index (χ4n) is 4.72. The zero-order valence-corrected chi connectivity index (χ0v) is 21.8.